The topological polar surface area (TPSA) is 67.3 Å². The first-order chi connectivity index (χ1) is 8.30. The highest BCUT2D eigenvalue weighted by atomic mass is 16.5. The fourth-order valence-electron chi connectivity index (χ4n) is 1.52. The van der Waals surface area contributed by atoms with Crippen LogP contribution in [0.4, 0.5) is 5.95 Å². The van der Waals surface area contributed by atoms with Crippen LogP contribution in [0.5, 0.6) is 5.88 Å². The number of hydrogen-bond acceptors (Lipinski definition) is 5. The van der Waals surface area contributed by atoms with Crippen molar-refractivity contribution in [1.29, 1.82) is 0 Å². The number of nitrogens with one attached hydrogen (secondary N) is 1. The summed E-state index contributed by atoms with van der Waals surface area (Å²) in [6, 6.07) is 1.74. The van der Waals surface area contributed by atoms with Gasteiger partial charge in [-0.05, 0) is 19.3 Å². The average molecular weight is 239 g/mol. The van der Waals surface area contributed by atoms with Gasteiger partial charge in [0, 0.05) is 25.4 Å². The highest BCUT2D eigenvalue weighted by Crippen LogP contribution is 2.11. The predicted octanol–water partition coefficient (Wildman–Crippen LogP) is 1.70. The van der Waals surface area contributed by atoms with Crippen molar-refractivity contribution in [2.45, 2.75) is 26.7 Å². The zero-order chi connectivity index (χ0) is 12.5. The van der Waals surface area contributed by atoms with Gasteiger partial charge in [0.15, 0.2) is 0 Å². The molecule has 0 aliphatic rings. The number of rotatable bonds is 8. The van der Waals surface area contributed by atoms with Crippen molar-refractivity contribution in [3.05, 3.63) is 12.3 Å². The maximum Gasteiger partial charge on any atom is 0.225 e. The van der Waals surface area contributed by atoms with Crippen LogP contribution in [-0.2, 0) is 0 Å². The summed E-state index contributed by atoms with van der Waals surface area (Å²) in [7, 11) is 0. The van der Waals surface area contributed by atoms with Gasteiger partial charge in [0.2, 0.25) is 11.8 Å². The van der Waals surface area contributed by atoms with Gasteiger partial charge in [-0.25, -0.2) is 4.98 Å². The lowest BCUT2D eigenvalue weighted by Crippen LogP contribution is -2.16. The molecule has 0 aliphatic carbocycles. The Labute approximate surface area is 102 Å². The summed E-state index contributed by atoms with van der Waals surface area (Å²) in [4.78, 5) is 8.35. The maximum absolute atomic E-state index is 8.90. The molecule has 2 N–H and O–H groups in total. The Morgan fingerprint density at radius 1 is 1.47 bits per heavy atom. The first kappa shape index (κ1) is 13.7. The molecule has 0 spiro atoms. The van der Waals surface area contributed by atoms with Crippen LogP contribution in [0.1, 0.15) is 26.7 Å². The molecular weight excluding hydrogens is 218 g/mol. The average Bonchev–Trinajstić information content (AvgIpc) is 2.35. The number of anilines is 1. The first-order valence-corrected chi connectivity index (χ1v) is 6.10. The molecule has 0 aliphatic heterocycles. The Bertz CT molecular complexity index is 320. The second-order valence-electron chi connectivity index (χ2n) is 3.82. The van der Waals surface area contributed by atoms with E-state index in [1.165, 1.54) is 0 Å². The maximum atomic E-state index is 8.90. The summed E-state index contributed by atoms with van der Waals surface area (Å²) in [6.07, 6.45) is 3.50. The van der Waals surface area contributed by atoms with Crippen LogP contribution in [0, 0.1) is 5.92 Å². The summed E-state index contributed by atoms with van der Waals surface area (Å²) in [5.74, 6) is 1.60. The molecule has 5 heteroatoms. The Kier molecular flexibility index (Phi) is 6.32. The van der Waals surface area contributed by atoms with Gasteiger partial charge in [0.05, 0.1) is 6.61 Å². The Morgan fingerprint density at radius 2 is 2.29 bits per heavy atom. The minimum absolute atomic E-state index is 0.222. The summed E-state index contributed by atoms with van der Waals surface area (Å²) in [6.45, 7) is 5.62. The zero-order valence-electron chi connectivity index (χ0n) is 10.5. The molecular formula is C12H21N3O2. The molecule has 96 valence electrons. The SMILES string of the molecule is CCOc1ccnc(NCC(CC)CCO)n1. The van der Waals surface area contributed by atoms with E-state index in [4.69, 9.17) is 9.84 Å². The van der Waals surface area contributed by atoms with Gasteiger partial charge in [-0.3, -0.25) is 0 Å². The van der Waals surface area contributed by atoms with E-state index in [0.29, 0.717) is 24.4 Å². The third kappa shape index (κ3) is 4.99. The molecule has 0 radical (unpaired) electrons. The van der Waals surface area contributed by atoms with E-state index in [2.05, 4.69) is 22.2 Å². The number of aliphatic hydroxyl groups excluding tert-OH is 1. The molecule has 0 saturated carbocycles. The predicted molar refractivity (Wildman–Crippen MR) is 67.2 cm³/mol. The summed E-state index contributed by atoms with van der Waals surface area (Å²) >= 11 is 0. The van der Waals surface area contributed by atoms with Gasteiger partial charge in [-0.2, -0.15) is 4.98 Å². The Hall–Kier alpha value is -1.36. The van der Waals surface area contributed by atoms with Gasteiger partial charge in [-0.15, -0.1) is 0 Å². The zero-order valence-corrected chi connectivity index (χ0v) is 10.5. The highest BCUT2D eigenvalue weighted by Gasteiger charge is 2.06. The van der Waals surface area contributed by atoms with Crippen LogP contribution >= 0.6 is 0 Å². The fourth-order valence-corrected chi connectivity index (χ4v) is 1.52. The van der Waals surface area contributed by atoms with Crippen LogP contribution in [-0.4, -0.2) is 34.8 Å². The number of aliphatic hydroxyl groups is 1. The van der Waals surface area contributed by atoms with E-state index in [9.17, 15) is 0 Å². The first-order valence-electron chi connectivity index (χ1n) is 6.10. The minimum atomic E-state index is 0.222. The Balaban J connectivity index is 2.47. The van der Waals surface area contributed by atoms with Gasteiger partial charge in [0.25, 0.3) is 0 Å². The second-order valence-corrected chi connectivity index (χ2v) is 3.82. The summed E-state index contributed by atoms with van der Waals surface area (Å²) in [5.41, 5.74) is 0. The van der Waals surface area contributed by atoms with Crippen molar-refractivity contribution in [3.63, 3.8) is 0 Å². The molecule has 0 aromatic carbocycles. The largest absolute Gasteiger partial charge is 0.478 e. The van der Waals surface area contributed by atoms with Crippen molar-refractivity contribution in [2.75, 3.05) is 25.1 Å². The summed E-state index contributed by atoms with van der Waals surface area (Å²) in [5, 5.41) is 12.1. The van der Waals surface area contributed by atoms with Crippen LogP contribution in [0.25, 0.3) is 0 Å². The molecule has 0 bridgehead atoms. The monoisotopic (exact) mass is 239 g/mol. The molecule has 0 fully saturated rings. The van der Waals surface area contributed by atoms with Crippen molar-refractivity contribution >= 4 is 5.95 Å². The third-order valence-corrected chi connectivity index (χ3v) is 2.59. The van der Waals surface area contributed by atoms with Gasteiger partial charge in [0.1, 0.15) is 0 Å². The third-order valence-electron chi connectivity index (χ3n) is 2.59. The molecule has 1 aromatic heterocycles. The molecule has 17 heavy (non-hydrogen) atoms. The number of nitrogens with zero attached hydrogens (tertiary/aromatic N) is 2. The molecule has 1 rings (SSSR count). The van der Waals surface area contributed by atoms with E-state index in [1.807, 2.05) is 6.92 Å². The minimum Gasteiger partial charge on any atom is -0.478 e. The molecule has 1 unspecified atom stereocenters. The molecule has 1 aromatic rings. The summed E-state index contributed by atoms with van der Waals surface area (Å²) < 4.78 is 5.30. The highest BCUT2D eigenvalue weighted by molar-refractivity contribution is 5.27. The van der Waals surface area contributed by atoms with E-state index in [1.54, 1.807) is 12.3 Å². The van der Waals surface area contributed by atoms with Crippen LogP contribution in [0.3, 0.4) is 0 Å². The van der Waals surface area contributed by atoms with Gasteiger partial charge >= 0.3 is 0 Å². The molecule has 0 saturated heterocycles. The Morgan fingerprint density at radius 3 is 2.94 bits per heavy atom. The van der Waals surface area contributed by atoms with Crippen molar-refractivity contribution in [3.8, 4) is 5.88 Å². The fraction of sp³-hybridized carbons (Fsp3) is 0.667. The van der Waals surface area contributed by atoms with Crippen molar-refractivity contribution in [2.24, 2.45) is 5.92 Å². The van der Waals surface area contributed by atoms with Crippen LogP contribution < -0.4 is 10.1 Å². The lowest BCUT2D eigenvalue weighted by Gasteiger charge is -2.14. The number of aromatic nitrogens is 2. The van der Waals surface area contributed by atoms with Crippen LogP contribution in [0.15, 0.2) is 12.3 Å². The quantitative estimate of drug-likeness (QED) is 0.722. The van der Waals surface area contributed by atoms with Gasteiger partial charge in [-0.1, -0.05) is 13.3 Å². The number of hydrogen-bond donors (Lipinski definition) is 2. The number of ether oxygens (including phenoxy) is 1. The van der Waals surface area contributed by atoms with E-state index in [-0.39, 0.29) is 6.61 Å². The lowest BCUT2D eigenvalue weighted by molar-refractivity contribution is 0.258. The molecule has 1 atom stereocenters. The smallest absolute Gasteiger partial charge is 0.225 e. The van der Waals surface area contributed by atoms with E-state index >= 15 is 0 Å². The standard InChI is InChI=1S/C12H21N3O2/c1-3-10(6-8-16)9-14-12-13-7-5-11(15-12)17-4-2/h5,7,10,16H,3-4,6,8-9H2,1-2H3,(H,13,14,15). The molecule has 0 amide bonds. The van der Waals surface area contributed by atoms with Gasteiger partial charge < -0.3 is 15.2 Å². The molecule has 1 heterocycles. The van der Waals surface area contributed by atoms with Crippen molar-refractivity contribution in [1.82, 2.24) is 9.97 Å². The van der Waals surface area contributed by atoms with Crippen molar-refractivity contribution < 1.29 is 9.84 Å². The molecule has 5 nitrogen and oxygen atoms in total. The second kappa shape index (κ2) is 7.84. The lowest BCUT2D eigenvalue weighted by atomic mass is 10.0. The van der Waals surface area contributed by atoms with E-state index in [0.717, 1.165) is 19.4 Å². The van der Waals surface area contributed by atoms with Crippen LogP contribution in [0.2, 0.25) is 0 Å². The van der Waals surface area contributed by atoms with E-state index < -0.39 is 0 Å². The normalized spacial score (nSPS) is 12.2.